The molecule has 0 aromatic heterocycles. The van der Waals surface area contributed by atoms with Crippen LogP contribution >= 0.6 is 0 Å². The van der Waals surface area contributed by atoms with Crippen molar-refractivity contribution in [2.45, 2.75) is 38.9 Å². The predicted octanol–water partition coefficient (Wildman–Crippen LogP) is 1.22. The summed E-state index contributed by atoms with van der Waals surface area (Å²) in [6.07, 6.45) is 3.69. The molecule has 0 radical (unpaired) electrons. The number of unbranched alkanes of at least 4 members (excludes halogenated alkanes) is 2. The predicted molar refractivity (Wildman–Crippen MR) is 54.6 cm³/mol. The minimum atomic E-state index is -1.10. The van der Waals surface area contributed by atoms with E-state index in [-0.39, 0.29) is 0 Å². The van der Waals surface area contributed by atoms with Crippen molar-refractivity contribution in [1.82, 2.24) is 0 Å². The van der Waals surface area contributed by atoms with Gasteiger partial charge in [-0.05, 0) is 12.8 Å². The van der Waals surface area contributed by atoms with E-state index in [0.29, 0.717) is 6.42 Å². The number of esters is 1. The molecule has 0 aromatic rings. The molecule has 4 nitrogen and oxygen atoms in total. The first-order valence-corrected chi connectivity index (χ1v) is 4.65. The van der Waals surface area contributed by atoms with Gasteiger partial charge in [-0.2, -0.15) is 0 Å². The monoisotopic (exact) mass is 204 g/mol. The lowest BCUT2D eigenvalue weighted by molar-refractivity contribution is -0.134. The molecule has 0 amide bonds. The highest BCUT2D eigenvalue weighted by Gasteiger charge is 1.93. The third-order valence-corrected chi connectivity index (χ3v) is 1.43. The second-order valence-corrected chi connectivity index (χ2v) is 2.70. The summed E-state index contributed by atoms with van der Waals surface area (Å²) in [7, 11) is 1.31. The number of carbonyl (C=O) groups is 1. The van der Waals surface area contributed by atoms with Crippen molar-refractivity contribution in [1.29, 1.82) is 0 Å². The molecule has 84 valence electrons. The Morgan fingerprint density at radius 1 is 1.50 bits per heavy atom. The number of ether oxygens (including phenoxy) is 1. The van der Waals surface area contributed by atoms with Gasteiger partial charge in [-0.25, -0.2) is 4.79 Å². The zero-order chi connectivity index (χ0) is 11.4. The summed E-state index contributed by atoms with van der Waals surface area (Å²) >= 11 is 0. The van der Waals surface area contributed by atoms with Gasteiger partial charge in [0.1, 0.15) is 0 Å². The van der Waals surface area contributed by atoms with E-state index in [1.165, 1.54) is 7.11 Å². The number of methoxy groups -OCH3 is 1. The van der Waals surface area contributed by atoms with Crippen LogP contribution in [0, 0.1) is 0 Å². The standard InChI is InChI=1S/C6H14O2.C4H6O2/c1-2-3-4-5-6(7)8;1-3-4(5)6-2/h6-8H,2-5H2,1H3;3H,1H2,2H3. The Morgan fingerprint density at radius 2 is 2.07 bits per heavy atom. The smallest absolute Gasteiger partial charge is 0.329 e. The van der Waals surface area contributed by atoms with Crippen molar-refractivity contribution in [2.75, 3.05) is 7.11 Å². The average Bonchev–Trinajstić information content (AvgIpc) is 2.17. The van der Waals surface area contributed by atoms with Gasteiger partial charge in [-0.3, -0.25) is 0 Å². The van der Waals surface area contributed by atoms with E-state index < -0.39 is 12.3 Å². The maximum Gasteiger partial charge on any atom is 0.329 e. The van der Waals surface area contributed by atoms with Gasteiger partial charge in [0.25, 0.3) is 0 Å². The Labute approximate surface area is 85.2 Å². The van der Waals surface area contributed by atoms with Gasteiger partial charge < -0.3 is 14.9 Å². The Balaban J connectivity index is 0. The van der Waals surface area contributed by atoms with E-state index in [1.54, 1.807) is 0 Å². The Morgan fingerprint density at radius 3 is 2.29 bits per heavy atom. The van der Waals surface area contributed by atoms with Gasteiger partial charge in [0.05, 0.1) is 7.11 Å². The van der Waals surface area contributed by atoms with Crippen LogP contribution in [0.3, 0.4) is 0 Å². The van der Waals surface area contributed by atoms with E-state index in [0.717, 1.165) is 25.3 Å². The van der Waals surface area contributed by atoms with Crippen molar-refractivity contribution in [3.63, 3.8) is 0 Å². The summed E-state index contributed by atoms with van der Waals surface area (Å²) in [5.74, 6) is -0.394. The molecule has 0 atom stereocenters. The number of aliphatic hydroxyl groups excluding tert-OH is 1. The molecule has 0 aromatic carbocycles. The van der Waals surface area contributed by atoms with Crippen molar-refractivity contribution in [3.8, 4) is 0 Å². The fourth-order valence-electron chi connectivity index (χ4n) is 0.660. The fourth-order valence-corrected chi connectivity index (χ4v) is 0.660. The lowest BCUT2D eigenvalue weighted by atomic mass is 10.2. The van der Waals surface area contributed by atoms with Gasteiger partial charge in [-0.1, -0.05) is 26.3 Å². The van der Waals surface area contributed by atoms with Gasteiger partial charge in [-0.15, -0.1) is 0 Å². The zero-order valence-corrected chi connectivity index (χ0v) is 8.90. The van der Waals surface area contributed by atoms with Crippen LogP contribution in [0.4, 0.5) is 0 Å². The molecular formula is C10H20O4. The van der Waals surface area contributed by atoms with E-state index in [2.05, 4.69) is 18.2 Å². The van der Waals surface area contributed by atoms with Crippen molar-refractivity contribution < 1.29 is 19.7 Å². The van der Waals surface area contributed by atoms with Crippen LogP contribution in [0.2, 0.25) is 0 Å². The summed E-state index contributed by atoms with van der Waals surface area (Å²) < 4.78 is 4.14. The number of hydrogen-bond acceptors (Lipinski definition) is 4. The number of rotatable bonds is 5. The molecular weight excluding hydrogens is 184 g/mol. The molecule has 4 heteroatoms. The summed E-state index contributed by atoms with van der Waals surface area (Å²) in [4.78, 5) is 9.84. The molecule has 0 aliphatic rings. The summed E-state index contributed by atoms with van der Waals surface area (Å²) in [5, 5.41) is 16.7. The molecule has 0 unspecified atom stereocenters. The molecule has 0 saturated heterocycles. The normalized spacial score (nSPS) is 8.93. The highest BCUT2D eigenvalue weighted by atomic mass is 16.5. The third-order valence-electron chi connectivity index (χ3n) is 1.43. The molecule has 14 heavy (non-hydrogen) atoms. The Hall–Kier alpha value is -0.870. The first kappa shape index (κ1) is 15.6. The summed E-state index contributed by atoms with van der Waals surface area (Å²) in [6, 6.07) is 0. The average molecular weight is 204 g/mol. The topological polar surface area (TPSA) is 66.8 Å². The van der Waals surface area contributed by atoms with Gasteiger partial charge in [0.15, 0.2) is 6.29 Å². The maximum atomic E-state index is 9.84. The van der Waals surface area contributed by atoms with Crippen LogP contribution in [0.5, 0.6) is 0 Å². The minimum absolute atomic E-state index is 0.394. The highest BCUT2D eigenvalue weighted by Crippen LogP contribution is 1.99. The highest BCUT2D eigenvalue weighted by molar-refractivity contribution is 5.80. The van der Waals surface area contributed by atoms with Gasteiger partial charge in [0.2, 0.25) is 0 Å². The second kappa shape index (κ2) is 12.1. The molecule has 0 rings (SSSR count). The van der Waals surface area contributed by atoms with Crippen LogP contribution in [0.1, 0.15) is 32.6 Å². The third kappa shape index (κ3) is 17.3. The Bertz CT molecular complexity index is 143. The largest absolute Gasteiger partial charge is 0.466 e. The van der Waals surface area contributed by atoms with Crippen molar-refractivity contribution in [3.05, 3.63) is 12.7 Å². The van der Waals surface area contributed by atoms with Crippen LogP contribution < -0.4 is 0 Å². The molecule has 0 fully saturated rings. The molecule has 0 heterocycles. The lowest BCUT2D eigenvalue weighted by Crippen LogP contribution is -2.02. The summed E-state index contributed by atoms with van der Waals surface area (Å²) in [6.45, 7) is 5.24. The first-order chi connectivity index (χ1) is 6.58. The molecule has 0 bridgehead atoms. The van der Waals surface area contributed by atoms with Gasteiger partial charge in [0, 0.05) is 6.08 Å². The number of carbonyl (C=O) groups excluding carboxylic acids is 1. The number of hydrogen-bond donors (Lipinski definition) is 2. The Kier molecular flexibility index (Phi) is 13.5. The lowest BCUT2D eigenvalue weighted by Gasteiger charge is -1.99. The maximum absolute atomic E-state index is 9.84. The van der Waals surface area contributed by atoms with E-state index in [9.17, 15) is 4.79 Å². The first-order valence-electron chi connectivity index (χ1n) is 4.65. The molecule has 0 aliphatic heterocycles. The van der Waals surface area contributed by atoms with Gasteiger partial charge >= 0.3 is 5.97 Å². The zero-order valence-electron chi connectivity index (χ0n) is 8.90. The fraction of sp³-hybridized carbons (Fsp3) is 0.700. The van der Waals surface area contributed by atoms with Crippen LogP contribution in [-0.4, -0.2) is 29.6 Å². The van der Waals surface area contributed by atoms with Crippen molar-refractivity contribution in [2.24, 2.45) is 0 Å². The van der Waals surface area contributed by atoms with E-state index in [4.69, 9.17) is 10.2 Å². The van der Waals surface area contributed by atoms with Crippen LogP contribution in [-0.2, 0) is 9.53 Å². The summed E-state index contributed by atoms with van der Waals surface area (Å²) in [5.41, 5.74) is 0. The molecule has 0 spiro atoms. The van der Waals surface area contributed by atoms with Crippen LogP contribution in [0.25, 0.3) is 0 Å². The van der Waals surface area contributed by atoms with Crippen molar-refractivity contribution >= 4 is 5.97 Å². The second-order valence-electron chi connectivity index (χ2n) is 2.70. The van der Waals surface area contributed by atoms with E-state index in [1.807, 2.05) is 0 Å². The quantitative estimate of drug-likeness (QED) is 0.306. The van der Waals surface area contributed by atoms with E-state index >= 15 is 0 Å². The minimum Gasteiger partial charge on any atom is -0.466 e. The molecule has 2 N–H and O–H groups in total. The molecule has 0 aliphatic carbocycles. The molecule has 0 saturated carbocycles. The van der Waals surface area contributed by atoms with Crippen LogP contribution in [0.15, 0.2) is 12.7 Å². The number of aliphatic hydroxyl groups is 2. The SMILES string of the molecule is C=CC(=O)OC.CCCCCC(O)O.